The van der Waals surface area contributed by atoms with E-state index in [4.69, 9.17) is 23.7 Å². The molecule has 1 aromatic rings. The maximum absolute atomic E-state index is 14.4. The van der Waals surface area contributed by atoms with Crippen molar-refractivity contribution >= 4 is 29.2 Å². The third-order valence-electron chi connectivity index (χ3n) is 14.7. The minimum atomic E-state index is -2.43. The molecule has 0 unspecified atom stereocenters. The fourth-order valence-corrected chi connectivity index (χ4v) is 10.2. The highest BCUT2D eigenvalue weighted by Gasteiger charge is 2.53. The van der Waals surface area contributed by atoms with E-state index in [0.717, 1.165) is 12.0 Å². The summed E-state index contributed by atoms with van der Waals surface area (Å²) in [6.07, 6.45) is 12.6. The lowest BCUT2D eigenvalue weighted by Gasteiger charge is -2.42. The van der Waals surface area contributed by atoms with Crippen LogP contribution in [-0.4, -0.2) is 153 Å². The number of rotatable bonds is 6. The van der Waals surface area contributed by atoms with Gasteiger partial charge >= 0.3 is 5.97 Å². The number of ether oxygens (including phenoxy) is 5. The molecular weight excluding hydrogens is 903 g/mol. The zero-order valence-corrected chi connectivity index (χ0v) is 43.0. The number of hydrogen-bond donors (Lipinski definition) is 4. The number of amides is 1. The summed E-state index contributed by atoms with van der Waals surface area (Å²) in [7, 11) is 4.52. The van der Waals surface area contributed by atoms with Gasteiger partial charge in [-0.05, 0) is 117 Å². The Balaban J connectivity index is 0.00000200. The minimum absolute atomic E-state index is 0.0193. The van der Waals surface area contributed by atoms with Crippen LogP contribution >= 0.6 is 0 Å². The Hall–Kier alpha value is -4.30. The van der Waals surface area contributed by atoms with E-state index >= 15 is 0 Å². The van der Waals surface area contributed by atoms with Gasteiger partial charge in [-0.3, -0.25) is 19.2 Å². The summed E-state index contributed by atoms with van der Waals surface area (Å²) in [6.45, 7) is 12.7. The number of nitrogens with zero attached hydrogens (tertiary/aromatic N) is 4. The van der Waals surface area contributed by atoms with E-state index in [1.165, 1.54) is 18.3 Å². The fraction of sp³-hybridized carbons (Fsp3) is 0.731. The predicted octanol–water partition coefficient (Wildman–Crippen LogP) is 5.38. The number of allylic oxidation sites excluding steroid dienone is 6. The van der Waals surface area contributed by atoms with E-state index in [1.54, 1.807) is 41.1 Å². The molecule has 18 nitrogen and oxygen atoms in total. The molecule has 3 aliphatic heterocycles. The quantitative estimate of drug-likeness (QED) is 0.159. The minimum Gasteiger partial charge on any atom is -0.460 e. The number of ketones is 3. The maximum Gasteiger partial charge on any atom is 0.329 e. The third kappa shape index (κ3) is 16.1. The maximum atomic E-state index is 14.4. The summed E-state index contributed by atoms with van der Waals surface area (Å²) in [5.74, 6) is -7.96. The Morgan fingerprint density at radius 3 is 2.27 bits per heavy atom. The van der Waals surface area contributed by atoms with Gasteiger partial charge in [-0.1, -0.05) is 71.1 Å². The SMILES string of the molecule is CO[C@H]1C[C@@H]2CC[C@@H](C)[C@@](O)(O2)C(=O)C(=O)N2CCCC[C@H]2C(=O)O[C@H]([C@H](C)C[C@@H]2CC[C@@H](O)[C@H](OC)C2)CC(=O)[C@H](C)/C=C(\C)[C@@H](O)[C@@H](OC)C(=O)[C@H](C)C[C@H](C)/C=C/C=C/C=C/1C.c1nnn[nH]1. The van der Waals surface area contributed by atoms with Crippen molar-refractivity contribution in [2.45, 2.75) is 180 Å². The molecule has 18 heteroatoms. The second-order valence-corrected chi connectivity index (χ2v) is 20.2. The van der Waals surface area contributed by atoms with E-state index < -0.39 is 83.9 Å². The summed E-state index contributed by atoms with van der Waals surface area (Å²) < 4.78 is 29.4. The molecule has 15 atom stereocenters. The molecule has 2 saturated heterocycles. The Kier molecular flexibility index (Phi) is 23.4. The number of nitrogens with one attached hydrogen (secondary N) is 1. The van der Waals surface area contributed by atoms with E-state index in [2.05, 4.69) is 20.6 Å². The molecule has 2 bridgehead atoms. The first-order chi connectivity index (χ1) is 33.2. The summed E-state index contributed by atoms with van der Waals surface area (Å²) in [5.41, 5.74) is 1.27. The van der Waals surface area contributed by atoms with E-state index in [-0.39, 0.29) is 54.8 Å². The highest BCUT2D eigenvalue weighted by Crippen LogP contribution is 2.38. The Morgan fingerprint density at radius 2 is 1.63 bits per heavy atom. The second kappa shape index (κ2) is 28.1. The van der Waals surface area contributed by atoms with Gasteiger partial charge in [0.1, 0.15) is 36.5 Å². The average Bonchev–Trinajstić information content (AvgIpc) is 3.94. The van der Waals surface area contributed by atoms with Gasteiger partial charge in [0.2, 0.25) is 5.79 Å². The van der Waals surface area contributed by atoms with Gasteiger partial charge in [0.05, 0.1) is 24.4 Å². The van der Waals surface area contributed by atoms with Crippen LogP contribution in [0.2, 0.25) is 0 Å². The average molecular weight is 984 g/mol. The van der Waals surface area contributed by atoms with Crippen molar-refractivity contribution in [1.82, 2.24) is 25.5 Å². The van der Waals surface area contributed by atoms with Gasteiger partial charge in [0.15, 0.2) is 5.78 Å². The number of H-pyrrole nitrogens is 1. The highest BCUT2D eigenvalue weighted by molar-refractivity contribution is 6.39. The number of hydrogen-bond acceptors (Lipinski definition) is 16. The standard InChI is InChI=1S/C51H79NO13.CH2N4/c1-30-16-12-11-13-17-31(2)42(61-8)28-38-21-19-36(7)51(60,65-38)48(57)49(58)52-23-15-14-18-39(52)50(59)64-43(33(4)26-37-20-22-40(53)44(27-37)62-9)29-41(54)32(3)25-35(6)46(56)47(63-10)45(55)34(5)24-30;1-2-4-5-3-1/h11-13,16-17,25,30,32-34,36-40,42-44,46-47,53,56,60H,14-15,18-24,26-29H2,1-10H3;1H,(H,2,3,4,5)/b13-11+,16-12+,31-17+,35-25+;/t30-,32-,33-,34-,36-,37+,38+,39+,40-,42+,43+,44-,46-,47+,51-;/m1./s1. The fourth-order valence-electron chi connectivity index (χ4n) is 10.2. The second-order valence-electron chi connectivity index (χ2n) is 20.2. The van der Waals surface area contributed by atoms with Gasteiger partial charge in [-0.2, -0.15) is 0 Å². The molecular formula is C52H81N5O13. The number of aliphatic hydroxyl groups excluding tert-OH is 2. The zero-order valence-electron chi connectivity index (χ0n) is 43.0. The molecule has 1 amide bonds. The van der Waals surface area contributed by atoms with Crippen LogP contribution in [0.4, 0.5) is 0 Å². The summed E-state index contributed by atoms with van der Waals surface area (Å²) >= 11 is 0. The number of aliphatic hydroxyl groups is 3. The third-order valence-corrected chi connectivity index (χ3v) is 14.7. The molecule has 0 aromatic carbocycles. The van der Waals surface area contributed by atoms with Crippen LogP contribution in [0.5, 0.6) is 0 Å². The van der Waals surface area contributed by atoms with Crippen molar-refractivity contribution in [3.8, 4) is 0 Å². The molecule has 4 N–H and O–H groups in total. The molecule has 4 heterocycles. The van der Waals surface area contributed by atoms with Crippen molar-refractivity contribution in [3.63, 3.8) is 0 Å². The van der Waals surface area contributed by atoms with Crippen LogP contribution < -0.4 is 0 Å². The number of carbonyl (C=O) groups excluding carboxylic acids is 5. The first-order valence-electron chi connectivity index (χ1n) is 25.1. The number of tetrazole rings is 1. The van der Waals surface area contributed by atoms with Crippen LogP contribution in [0.1, 0.15) is 126 Å². The van der Waals surface area contributed by atoms with E-state index in [0.29, 0.717) is 63.4 Å². The summed E-state index contributed by atoms with van der Waals surface area (Å²) in [4.78, 5) is 71.8. The van der Waals surface area contributed by atoms with Gasteiger partial charge in [0.25, 0.3) is 11.7 Å². The number of piperidine rings is 1. The van der Waals surface area contributed by atoms with Gasteiger partial charge in [-0.25, -0.2) is 9.89 Å². The van der Waals surface area contributed by atoms with E-state index in [9.17, 15) is 39.3 Å². The Labute approximate surface area is 414 Å². The lowest BCUT2D eigenvalue weighted by atomic mass is 9.78. The van der Waals surface area contributed by atoms with Crippen molar-refractivity contribution in [2.75, 3.05) is 27.9 Å². The highest BCUT2D eigenvalue weighted by atomic mass is 16.6. The number of methoxy groups -OCH3 is 3. The lowest BCUT2D eigenvalue weighted by Crippen LogP contribution is -2.61. The van der Waals surface area contributed by atoms with Crippen molar-refractivity contribution in [1.29, 1.82) is 0 Å². The predicted molar refractivity (Wildman–Crippen MR) is 259 cm³/mol. The largest absolute Gasteiger partial charge is 0.460 e. The number of fused-ring (bicyclic) bond motifs is 3. The van der Waals surface area contributed by atoms with Crippen molar-refractivity contribution < 1.29 is 63.0 Å². The van der Waals surface area contributed by atoms with Gasteiger partial charge in [-0.15, -0.1) is 5.10 Å². The molecule has 0 spiro atoms. The summed E-state index contributed by atoms with van der Waals surface area (Å²) in [5, 5.41) is 45.9. The van der Waals surface area contributed by atoms with Gasteiger partial charge in [0, 0.05) is 58.5 Å². The number of Topliss-reactive ketones (excluding diaryl/α,β-unsaturated/α-hetero) is 3. The van der Waals surface area contributed by atoms with Crippen LogP contribution in [0, 0.1) is 35.5 Å². The molecule has 0 radical (unpaired) electrons. The number of cyclic esters (lactones) is 1. The van der Waals surface area contributed by atoms with E-state index in [1.807, 2.05) is 58.1 Å². The Bertz CT molecular complexity index is 1960. The Morgan fingerprint density at radius 1 is 0.886 bits per heavy atom. The van der Waals surface area contributed by atoms with Crippen molar-refractivity contribution in [3.05, 3.63) is 53.9 Å². The number of esters is 1. The molecule has 70 heavy (non-hydrogen) atoms. The number of carbonyl (C=O) groups is 5. The molecule has 1 aliphatic carbocycles. The lowest BCUT2D eigenvalue weighted by molar-refractivity contribution is -0.265. The normalized spacial score (nSPS) is 38.1. The topological polar surface area (TPSA) is 250 Å². The first kappa shape index (κ1) is 58.3. The molecule has 1 aromatic heterocycles. The molecule has 392 valence electrons. The molecule has 3 fully saturated rings. The first-order valence-corrected chi connectivity index (χ1v) is 25.1. The molecule has 1 saturated carbocycles. The zero-order chi connectivity index (χ0) is 51.7. The van der Waals surface area contributed by atoms with Crippen LogP contribution in [-0.2, 0) is 47.7 Å². The number of aromatic amines is 1. The smallest absolute Gasteiger partial charge is 0.329 e. The van der Waals surface area contributed by atoms with Crippen LogP contribution in [0.25, 0.3) is 0 Å². The van der Waals surface area contributed by atoms with Crippen LogP contribution in [0.15, 0.2) is 53.9 Å². The monoisotopic (exact) mass is 984 g/mol. The van der Waals surface area contributed by atoms with Crippen molar-refractivity contribution in [2.24, 2.45) is 35.5 Å². The molecule has 5 rings (SSSR count). The molecule has 4 aliphatic rings. The van der Waals surface area contributed by atoms with Gasteiger partial charge < -0.3 is 43.9 Å². The summed E-state index contributed by atoms with van der Waals surface area (Å²) in [6, 6.07) is -1.14. The number of aromatic nitrogens is 4. The van der Waals surface area contributed by atoms with Crippen LogP contribution in [0.3, 0.4) is 0 Å².